The molecule has 1 saturated carbocycles. The van der Waals surface area contributed by atoms with E-state index in [0.29, 0.717) is 5.92 Å². The molecule has 1 unspecified atom stereocenters. The van der Waals surface area contributed by atoms with Crippen LogP contribution in [0.1, 0.15) is 25.7 Å². The molecule has 0 spiro atoms. The minimum Gasteiger partial charge on any atom is -0.481 e. The predicted molar refractivity (Wildman–Crippen MR) is 62.4 cm³/mol. The van der Waals surface area contributed by atoms with Gasteiger partial charge in [0.2, 0.25) is 0 Å². The van der Waals surface area contributed by atoms with Gasteiger partial charge < -0.3 is 15.3 Å². The van der Waals surface area contributed by atoms with E-state index in [-0.39, 0.29) is 6.04 Å². The van der Waals surface area contributed by atoms with Crippen LogP contribution in [0.5, 0.6) is 0 Å². The third-order valence-corrected chi connectivity index (χ3v) is 4.36. The number of rotatable bonds is 4. The standard InChI is InChI=1S/C12H22N2O2/c1-13-10(12(5-6-12)11(15)16)9-3-7-14(2)8-4-9/h9-10,13H,3-8H2,1-2H3,(H,15,16). The van der Waals surface area contributed by atoms with Crippen LogP contribution in [0.25, 0.3) is 0 Å². The molecule has 0 bridgehead atoms. The van der Waals surface area contributed by atoms with E-state index in [1.807, 2.05) is 7.05 Å². The Bertz CT molecular complexity index is 268. The lowest BCUT2D eigenvalue weighted by atomic mass is 9.80. The third kappa shape index (κ3) is 1.96. The zero-order valence-electron chi connectivity index (χ0n) is 10.2. The molecule has 2 fully saturated rings. The Hall–Kier alpha value is -0.610. The third-order valence-electron chi connectivity index (χ3n) is 4.36. The number of hydrogen-bond donors (Lipinski definition) is 2. The van der Waals surface area contributed by atoms with Crippen LogP contribution in [-0.4, -0.2) is 49.2 Å². The molecule has 1 heterocycles. The first-order valence-electron chi connectivity index (χ1n) is 6.19. The summed E-state index contributed by atoms with van der Waals surface area (Å²) in [6.07, 6.45) is 3.94. The largest absolute Gasteiger partial charge is 0.481 e. The maximum absolute atomic E-state index is 11.3. The number of hydrogen-bond acceptors (Lipinski definition) is 3. The molecular formula is C12H22N2O2. The van der Waals surface area contributed by atoms with Crippen molar-refractivity contribution in [1.82, 2.24) is 10.2 Å². The first kappa shape index (κ1) is 11.9. The van der Waals surface area contributed by atoms with E-state index < -0.39 is 11.4 Å². The Morgan fingerprint density at radius 2 is 2.00 bits per heavy atom. The van der Waals surface area contributed by atoms with Crippen LogP contribution >= 0.6 is 0 Å². The summed E-state index contributed by atoms with van der Waals surface area (Å²) in [7, 11) is 4.04. The van der Waals surface area contributed by atoms with Crippen LogP contribution in [0, 0.1) is 11.3 Å². The van der Waals surface area contributed by atoms with Crippen molar-refractivity contribution in [3.8, 4) is 0 Å². The Labute approximate surface area is 97.0 Å². The number of nitrogens with one attached hydrogen (secondary N) is 1. The van der Waals surface area contributed by atoms with Gasteiger partial charge in [-0.3, -0.25) is 4.79 Å². The SMILES string of the molecule is CNC(C1CCN(C)CC1)C1(C(=O)O)CC1. The van der Waals surface area contributed by atoms with Gasteiger partial charge in [-0.15, -0.1) is 0 Å². The second-order valence-electron chi connectivity index (χ2n) is 5.37. The molecule has 1 aliphatic carbocycles. The van der Waals surface area contributed by atoms with E-state index in [0.717, 1.165) is 38.8 Å². The molecule has 2 N–H and O–H groups in total. The molecule has 4 heteroatoms. The average Bonchev–Trinajstić information content (AvgIpc) is 3.03. The molecule has 0 amide bonds. The molecule has 1 saturated heterocycles. The van der Waals surface area contributed by atoms with Gasteiger partial charge in [-0.1, -0.05) is 0 Å². The molecule has 0 radical (unpaired) electrons. The first-order valence-corrected chi connectivity index (χ1v) is 6.19. The molecule has 2 aliphatic rings. The normalized spacial score (nSPS) is 27.6. The molecule has 4 nitrogen and oxygen atoms in total. The Morgan fingerprint density at radius 3 is 2.38 bits per heavy atom. The minimum atomic E-state index is -0.606. The molecule has 0 aromatic rings. The summed E-state index contributed by atoms with van der Waals surface area (Å²) in [5.41, 5.74) is -0.449. The molecule has 92 valence electrons. The van der Waals surface area contributed by atoms with E-state index in [1.54, 1.807) is 0 Å². The average molecular weight is 226 g/mol. The maximum Gasteiger partial charge on any atom is 0.311 e. The lowest BCUT2D eigenvalue weighted by Gasteiger charge is -2.37. The highest BCUT2D eigenvalue weighted by atomic mass is 16.4. The zero-order valence-corrected chi connectivity index (χ0v) is 10.2. The number of aliphatic carboxylic acids is 1. The maximum atomic E-state index is 11.3. The number of nitrogens with zero attached hydrogens (tertiary/aromatic N) is 1. The van der Waals surface area contributed by atoms with E-state index in [9.17, 15) is 9.90 Å². The number of likely N-dealkylation sites (tertiary alicyclic amines) is 1. The Kier molecular flexibility index (Phi) is 3.22. The van der Waals surface area contributed by atoms with Crippen molar-refractivity contribution in [3.63, 3.8) is 0 Å². The highest BCUT2D eigenvalue weighted by Crippen LogP contribution is 2.52. The van der Waals surface area contributed by atoms with Gasteiger partial charge >= 0.3 is 5.97 Å². The van der Waals surface area contributed by atoms with Crippen molar-refractivity contribution in [1.29, 1.82) is 0 Å². The summed E-state index contributed by atoms with van der Waals surface area (Å²) in [6.45, 7) is 2.19. The van der Waals surface area contributed by atoms with E-state index >= 15 is 0 Å². The van der Waals surface area contributed by atoms with Gasteiger partial charge in [0, 0.05) is 6.04 Å². The second kappa shape index (κ2) is 4.34. The smallest absolute Gasteiger partial charge is 0.311 e. The van der Waals surface area contributed by atoms with Crippen LogP contribution in [0.2, 0.25) is 0 Å². The van der Waals surface area contributed by atoms with Gasteiger partial charge in [0.1, 0.15) is 0 Å². The fourth-order valence-corrected chi connectivity index (χ4v) is 3.12. The number of carboxylic acid groups (broad SMARTS) is 1. The van der Waals surface area contributed by atoms with Gasteiger partial charge in [-0.25, -0.2) is 0 Å². The van der Waals surface area contributed by atoms with Crippen molar-refractivity contribution >= 4 is 5.97 Å². The van der Waals surface area contributed by atoms with E-state index in [2.05, 4.69) is 17.3 Å². The number of piperidine rings is 1. The molecule has 1 atom stereocenters. The molecule has 2 rings (SSSR count). The summed E-state index contributed by atoms with van der Waals surface area (Å²) in [5.74, 6) is -0.0782. The summed E-state index contributed by atoms with van der Waals surface area (Å²) < 4.78 is 0. The van der Waals surface area contributed by atoms with Crippen LogP contribution in [-0.2, 0) is 4.79 Å². The quantitative estimate of drug-likeness (QED) is 0.744. The first-order chi connectivity index (χ1) is 7.60. The summed E-state index contributed by atoms with van der Waals surface area (Å²) in [4.78, 5) is 13.7. The topological polar surface area (TPSA) is 52.6 Å². The van der Waals surface area contributed by atoms with Crippen molar-refractivity contribution in [2.24, 2.45) is 11.3 Å². The van der Waals surface area contributed by atoms with Crippen LogP contribution in [0.4, 0.5) is 0 Å². The van der Waals surface area contributed by atoms with Gasteiger partial charge in [0.15, 0.2) is 0 Å². The fourth-order valence-electron chi connectivity index (χ4n) is 3.12. The highest BCUT2D eigenvalue weighted by molar-refractivity contribution is 5.79. The van der Waals surface area contributed by atoms with E-state index in [1.165, 1.54) is 0 Å². The molecule has 0 aromatic heterocycles. The predicted octanol–water partition coefficient (Wildman–Crippen LogP) is 0.781. The van der Waals surface area contributed by atoms with Crippen LogP contribution < -0.4 is 5.32 Å². The van der Waals surface area contributed by atoms with E-state index in [4.69, 9.17) is 0 Å². The highest BCUT2D eigenvalue weighted by Gasteiger charge is 2.57. The van der Waals surface area contributed by atoms with Gasteiger partial charge in [-0.05, 0) is 58.8 Å². The summed E-state index contributed by atoms with van der Waals surface area (Å²) >= 11 is 0. The van der Waals surface area contributed by atoms with Gasteiger partial charge in [-0.2, -0.15) is 0 Å². The second-order valence-corrected chi connectivity index (χ2v) is 5.37. The fraction of sp³-hybridized carbons (Fsp3) is 0.917. The van der Waals surface area contributed by atoms with Gasteiger partial charge in [0.05, 0.1) is 5.41 Å². The monoisotopic (exact) mass is 226 g/mol. The molecular weight excluding hydrogens is 204 g/mol. The van der Waals surface area contributed by atoms with Crippen LogP contribution in [0.3, 0.4) is 0 Å². The number of carboxylic acids is 1. The molecule has 1 aliphatic heterocycles. The minimum absolute atomic E-state index is 0.165. The Morgan fingerprint density at radius 1 is 1.44 bits per heavy atom. The van der Waals surface area contributed by atoms with Crippen molar-refractivity contribution < 1.29 is 9.90 Å². The van der Waals surface area contributed by atoms with Crippen molar-refractivity contribution in [2.75, 3.05) is 27.2 Å². The lowest BCUT2D eigenvalue weighted by Crippen LogP contribution is -2.48. The van der Waals surface area contributed by atoms with Crippen molar-refractivity contribution in [3.05, 3.63) is 0 Å². The van der Waals surface area contributed by atoms with Crippen molar-refractivity contribution in [2.45, 2.75) is 31.7 Å². The molecule has 0 aromatic carbocycles. The lowest BCUT2D eigenvalue weighted by molar-refractivity contribution is -0.145. The summed E-state index contributed by atoms with van der Waals surface area (Å²) in [5, 5.41) is 12.6. The Balaban J connectivity index is 2.03. The van der Waals surface area contributed by atoms with Crippen LogP contribution in [0.15, 0.2) is 0 Å². The molecule has 16 heavy (non-hydrogen) atoms. The summed E-state index contributed by atoms with van der Waals surface area (Å²) in [6, 6.07) is 0.165. The number of carbonyl (C=O) groups is 1. The van der Waals surface area contributed by atoms with Gasteiger partial charge in [0.25, 0.3) is 0 Å². The zero-order chi connectivity index (χ0) is 11.8.